The van der Waals surface area contributed by atoms with Crippen LogP contribution in [0.3, 0.4) is 0 Å². The number of fused-ring (bicyclic) bond motifs is 5. The van der Waals surface area contributed by atoms with Gasteiger partial charge in [-0.3, -0.25) is 4.79 Å². The van der Waals surface area contributed by atoms with Crippen LogP contribution in [-0.2, 0) is 17.8 Å². The molecule has 0 heterocycles. The van der Waals surface area contributed by atoms with E-state index in [-0.39, 0.29) is 17.8 Å². The number of carbonyl (C=O) groups is 1. The summed E-state index contributed by atoms with van der Waals surface area (Å²) in [4.78, 5) is 12.3. The van der Waals surface area contributed by atoms with Crippen LogP contribution in [0.4, 0.5) is 0 Å². The molecule has 2 fully saturated rings. The highest BCUT2D eigenvalue weighted by atomic mass is 16.3. The van der Waals surface area contributed by atoms with Gasteiger partial charge in [-0.2, -0.15) is 0 Å². The van der Waals surface area contributed by atoms with E-state index in [0.29, 0.717) is 29.1 Å². The van der Waals surface area contributed by atoms with Crippen molar-refractivity contribution in [2.45, 2.75) is 58.0 Å². The fourth-order valence-corrected chi connectivity index (χ4v) is 5.55. The number of benzene rings is 1. The quantitative estimate of drug-likeness (QED) is 0.836. The Balaban J connectivity index is 1.74. The summed E-state index contributed by atoms with van der Waals surface area (Å²) in [7, 11) is 0. The van der Waals surface area contributed by atoms with Gasteiger partial charge in [-0.25, -0.2) is 0 Å². The number of aliphatic hydroxyl groups is 1. The SMILES string of the molecule is CC12CCC3c4cc(CO)c(O)cc4CCC3C1CCC2=O. The zero-order valence-corrected chi connectivity index (χ0v) is 13.1. The summed E-state index contributed by atoms with van der Waals surface area (Å²) in [5.41, 5.74) is 3.11. The molecule has 3 nitrogen and oxygen atoms in total. The van der Waals surface area contributed by atoms with Crippen molar-refractivity contribution >= 4 is 5.78 Å². The number of carbonyl (C=O) groups excluding carboxylic acids is 1. The van der Waals surface area contributed by atoms with Gasteiger partial charge in [0.1, 0.15) is 11.5 Å². The van der Waals surface area contributed by atoms with E-state index in [2.05, 4.69) is 6.92 Å². The lowest BCUT2D eigenvalue weighted by Gasteiger charge is -2.48. The Labute approximate surface area is 131 Å². The number of hydrogen-bond donors (Lipinski definition) is 2. The van der Waals surface area contributed by atoms with Gasteiger partial charge < -0.3 is 10.2 Å². The first kappa shape index (κ1) is 14.3. The number of aromatic hydroxyl groups is 1. The van der Waals surface area contributed by atoms with Gasteiger partial charge in [-0.1, -0.05) is 6.92 Å². The second-order valence-corrected chi connectivity index (χ2v) is 7.67. The molecule has 2 saturated carbocycles. The standard InChI is InChI=1S/C19H24O3/c1-19-7-6-13-14(16(19)4-5-18(19)22)3-2-11-9-17(21)12(10-20)8-15(11)13/h8-9,13-14,16,20-21H,2-7,10H2,1H3. The van der Waals surface area contributed by atoms with Gasteiger partial charge in [0.15, 0.2) is 0 Å². The molecular weight excluding hydrogens is 276 g/mol. The summed E-state index contributed by atoms with van der Waals surface area (Å²) < 4.78 is 0. The molecule has 0 saturated heterocycles. The van der Waals surface area contributed by atoms with Crippen molar-refractivity contribution in [2.75, 3.05) is 0 Å². The maximum atomic E-state index is 12.3. The largest absolute Gasteiger partial charge is 0.508 e. The molecule has 118 valence electrons. The summed E-state index contributed by atoms with van der Waals surface area (Å²) in [6.45, 7) is 2.07. The molecule has 0 aliphatic heterocycles. The molecule has 4 rings (SSSR count). The summed E-state index contributed by atoms with van der Waals surface area (Å²) in [6.07, 6.45) is 5.98. The zero-order valence-electron chi connectivity index (χ0n) is 13.1. The lowest BCUT2D eigenvalue weighted by Crippen LogP contribution is -2.42. The maximum absolute atomic E-state index is 12.3. The van der Waals surface area contributed by atoms with E-state index in [1.54, 1.807) is 0 Å². The van der Waals surface area contributed by atoms with Crippen LogP contribution in [0.2, 0.25) is 0 Å². The predicted molar refractivity (Wildman–Crippen MR) is 83.7 cm³/mol. The molecule has 0 spiro atoms. The fraction of sp³-hybridized carbons (Fsp3) is 0.632. The van der Waals surface area contributed by atoms with Crippen molar-refractivity contribution in [3.8, 4) is 5.75 Å². The van der Waals surface area contributed by atoms with E-state index < -0.39 is 0 Å². The second kappa shape index (κ2) is 4.82. The monoisotopic (exact) mass is 300 g/mol. The van der Waals surface area contributed by atoms with Crippen LogP contribution in [0.25, 0.3) is 0 Å². The first-order valence-corrected chi connectivity index (χ1v) is 8.53. The number of rotatable bonds is 1. The molecule has 22 heavy (non-hydrogen) atoms. The summed E-state index contributed by atoms with van der Waals surface area (Å²) in [6, 6.07) is 3.87. The van der Waals surface area contributed by atoms with E-state index in [9.17, 15) is 15.0 Å². The Hall–Kier alpha value is -1.35. The van der Waals surface area contributed by atoms with Crippen molar-refractivity contribution in [3.63, 3.8) is 0 Å². The van der Waals surface area contributed by atoms with Crippen molar-refractivity contribution in [3.05, 3.63) is 28.8 Å². The summed E-state index contributed by atoms with van der Waals surface area (Å²) in [5, 5.41) is 19.4. The molecule has 3 aliphatic rings. The van der Waals surface area contributed by atoms with Gasteiger partial charge >= 0.3 is 0 Å². The Morgan fingerprint density at radius 1 is 1.23 bits per heavy atom. The van der Waals surface area contributed by atoms with Crippen LogP contribution < -0.4 is 0 Å². The van der Waals surface area contributed by atoms with Gasteiger partial charge in [0.05, 0.1) is 6.61 Å². The average molecular weight is 300 g/mol. The van der Waals surface area contributed by atoms with Gasteiger partial charge in [-0.15, -0.1) is 0 Å². The van der Waals surface area contributed by atoms with Crippen LogP contribution >= 0.6 is 0 Å². The highest BCUT2D eigenvalue weighted by Gasteiger charge is 2.54. The Bertz CT molecular complexity index is 636. The molecule has 2 N–H and O–H groups in total. The van der Waals surface area contributed by atoms with Crippen molar-refractivity contribution in [2.24, 2.45) is 17.3 Å². The molecule has 0 radical (unpaired) electrons. The number of aryl methyl sites for hydroxylation is 1. The second-order valence-electron chi connectivity index (χ2n) is 7.67. The third-order valence-corrected chi connectivity index (χ3v) is 6.80. The minimum absolute atomic E-state index is 0.0879. The molecule has 0 amide bonds. The molecule has 3 heteroatoms. The minimum Gasteiger partial charge on any atom is -0.508 e. The number of Topliss-reactive ketones (excluding diaryl/α,β-unsaturated/α-hetero) is 1. The fourth-order valence-electron chi connectivity index (χ4n) is 5.55. The number of hydrogen-bond acceptors (Lipinski definition) is 3. The third kappa shape index (κ3) is 1.81. The Morgan fingerprint density at radius 3 is 2.82 bits per heavy atom. The highest BCUT2D eigenvalue weighted by molar-refractivity contribution is 5.87. The normalized spacial score (nSPS) is 36.6. The summed E-state index contributed by atoms with van der Waals surface area (Å²) in [5.74, 6) is 2.31. The average Bonchev–Trinajstić information content (AvgIpc) is 2.82. The topological polar surface area (TPSA) is 57.5 Å². The van der Waals surface area contributed by atoms with Gasteiger partial charge in [0.25, 0.3) is 0 Å². The number of aliphatic hydroxyl groups excluding tert-OH is 1. The lowest BCUT2D eigenvalue weighted by molar-refractivity contribution is -0.129. The first-order valence-electron chi connectivity index (χ1n) is 8.53. The number of phenols is 1. The van der Waals surface area contributed by atoms with Crippen LogP contribution in [0.5, 0.6) is 5.75 Å². The molecule has 1 aromatic rings. The summed E-state index contributed by atoms with van der Waals surface area (Å²) >= 11 is 0. The van der Waals surface area contributed by atoms with Gasteiger partial charge in [-0.05, 0) is 73.1 Å². The van der Waals surface area contributed by atoms with Crippen molar-refractivity contribution < 1.29 is 15.0 Å². The van der Waals surface area contributed by atoms with E-state index in [4.69, 9.17) is 0 Å². The van der Waals surface area contributed by atoms with E-state index in [1.165, 1.54) is 11.1 Å². The van der Waals surface area contributed by atoms with Crippen molar-refractivity contribution in [1.82, 2.24) is 0 Å². The van der Waals surface area contributed by atoms with Crippen LogP contribution in [0, 0.1) is 17.3 Å². The molecular formula is C19H24O3. The molecule has 4 unspecified atom stereocenters. The third-order valence-electron chi connectivity index (χ3n) is 6.80. The Kier molecular flexibility index (Phi) is 3.12. The van der Waals surface area contributed by atoms with Gasteiger partial charge in [0.2, 0.25) is 0 Å². The van der Waals surface area contributed by atoms with Crippen LogP contribution in [0.1, 0.15) is 61.6 Å². The van der Waals surface area contributed by atoms with E-state index in [0.717, 1.165) is 38.5 Å². The van der Waals surface area contributed by atoms with E-state index in [1.807, 2.05) is 12.1 Å². The smallest absolute Gasteiger partial charge is 0.139 e. The van der Waals surface area contributed by atoms with Crippen LogP contribution in [0.15, 0.2) is 12.1 Å². The lowest BCUT2D eigenvalue weighted by atomic mass is 9.55. The van der Waals surface area contributed by atoms with Gasteiger partial charge in [0, 0.05) is 17.4 Å². The Morgan fingerprint density at radius 2 is 2.05 bits per heavy atom. The predicted octanol–water partition coefficient (Wildman–Crippen LogP) is 3.31. The van der Waals surface area contributed by atoms with E-state index >= 15 is 0 Å². The first-order chi connectivity index (χ1) is 10.5. The zero-order chi connectivity index (χ0) is 15.5. The molecule has 1 aromatic carbocycles. The number of ketones is 1. The maximum Gasteiger partial charge on any atom is 0.139 e. The molecule has 0 bridgehead atoms. The molecule has 4 atom stereocenters. The molecule has 3 aliphatic carbocycles. The molecule has 0 aromatic heterocycles. The van der Waals surface area contributed by atoms with Crippen molar-refractivity contribution in [1.29, 1.82) is 0 Å². The highest BCUT2D eigenvalue weighted by Crippen LogP contribution is 2.59. The minimum atomic E-state index is -0.115. The van der Waals surface area contributed by atoms with Crippen LogP contribution in [-0.4, -0.2) is 16.0 Å².